The molecule has 0 spiro atoms. The van der Waals surface area contributed by atoms with Gasteiger partial charge in [-0.3, -0.25) is 14.7 Å². The Kier molecular flexibility index (Phi) is 5.28. The second-order valence-corrected chi connectivity index (χ2v) is 6.22. The van der Waals surface area contributed by atoms with Crippen molar-refractivity contribution in [2.45, 2.75) is 18.9 Å². The molecule has 2 heterocycles. The first-order valence-corrected chi connectivity index (χ1v) is 8.31. The molecule has 0 saturated carbocycles. The van der Waals surface area contributed by atoms with E-state index in [1.165, 1.54) is 13.2 Å². The summed E-state index contributed by atoms with van der Waals surface area (Å²) in [4.78, 5) is 17.9. The number of nitrogens with zero attached hydrogens (tertiary/aromatic N) is 2. The zero-order chi connectivity index (χ0) is 17.8. The van der Waals surface area contributed by atoms with E-state index in [2.05, 4.69) is 9.88 Å². The summed E-state index contributed by atoms with van der Waals surface area (Å²) in [6, 6.07) is 10.2. The van der Waals surface area contributed by atoms with E-state index >= 15 is 0 Å². The SMILES string of the molecule is COc1ccc(C(c2ccccn2)N2CCCC(C(=O)O)C2)cc1F. The Balaban J connectivity index is 1.98. The molecule has 1 aromatic carbocycles. The van der Waals surface area contributed by atoms with Gasteiger partial charge in [0, 0.05) is 12.7 Å². The van der Waals surface area contributed by atoms with Gasteiger partial charge in [-0.1, -0.05) is 12.1 Å². The van der Waals surface area contributed by atoms with E-state index in [-0.39, 0.29) is 11.8 Å². The van der Waals surface area contributed by atoms with Crippen molar-refractivity contribution in [2.24, 2.45) is 5.92 Å². The smallest absolute Gasteiger partial charge is 0.307 e. The number of carboxylic acid groups (broad SMARTS) is 1. The number of methoxy groups -OCH3 is 1. The van der Waals surface area contributed by atoms with E-state index in [0.717, 1.165) is 24.2 Å². The first kappa shape index (κ1) is 17.4. The summed E-state index contributed by atoms with van der Waals surface area (Å²) in [7, 11) is 1.43. The van der Waals surface area contributed by atoms with Crippen LogP contribution >= 0.6 is 0 Å². The van der Waals surface area contributed by atoms with E-state index in [1.807, 2.05) is 24.3 Å². The number of aromatic nitrogens is 1. The molecule has 0 aliphatic carbocycles. The normalized spacial score (nSPS) is 19.4. The van der Waals surface area contributed by atoms with E-state index in [1.54, 1.807) is 12.3 Å². The molecule has 6 heteroatoms. The predicted octanol–water partition coefficient (Wildman–Crippen LogP) is 3.12. The zero-order valence-electron chi connectivity index (χ0n) is 14.1. The monoisotopic (exact) mass is 344 g/mol. The molecule has 1 fully saturated rings. The number of pyridine rings is 1. The summed E-state index contributed by atoms with van der Waals surface area (Å²) < 4.78 is 19.2. The quantitative estimate of drug-likeness (QED) is 0.903. The number of likely N-dealkylation sites (tertiary alicyclic amines) is 1. The van der Waals surface area contributed by atoms with Crippen molar-refractivity contribution < 1.29 is 19.0 Å². The summed E-state index contributed by atoms with van der Waals surface area (Å²) in [5.74, 6) is -1.45. The van der Waals surface area contributed by atoms with E-state index in [4.69, 9.17) is 4.74 Å². The van der Waals surface area contributed by atoms with Crippen molar-refractivity contribution in [2.75, 3.05) is 20.2 Å². The summed E-state index contributed by atoms with van der Waals surface area (Å²) in [6.45, 7) is 1.17. The van der Waals surface area contributed by atoms with Crippen LogP contribution in [-0.2, 0) is 4.79 Å². The highest BCUT2D eigenvalue weighted by Crippen LogP contribution is 2.33. The summed E-state index contributed by atoms with van der Waals surface area (Å²) >= 11 is 0. The maximum absolute atomic E-state index is 14.2. The Bertz CT molecular complexity index is 739. The molecule has 2 atom stereocenters. The Morgan fingerprint density at radius 3 is 2.88 bits per heavy atom. The van der Waals surface area contributed by atoms with Crippen LogP contribution in [0.3, 0.4) is 0 Å². The molecule has 1 N–H and O–H groups in total. The standard InChI is InChI=1S/C19H21FN2O3/c1-25-17-8-7-13(11-15(17)20)18(16-6-2-3-9-21-16)22-10-4-5-14(12-22)19(23)24/h2-3,6-9,11,14,18H,4-5,10,12H2,1H3,(H,23,24). The molecule has 132 valence electrons. The van der Waals surface area contributed by atoms with Crippen molar-refractivity contribution in [1.29, 1.82) is 0 Å². The average molecular weight is 344 g/mol. The third-order valence-corrected chi connectivity index (χ3v) is 4.63. The van der Waals surface area contributed by atoms with Crippen LogP contribution in [0.1, 0.15) is 30.1 Å². The van der Waals surface area contributed by atoms with Crippen molar-refractivity contribution in [3.05, 3.63) is 59.7 Å². The molecule has 1 aromatic heterocycles. The van der Waals surface area contributed by atoms with Gasteiger partial charge in [0.15, 0.2) is 11.6 Å². The van der Waals surface area contributed by atoms with Crippen LogP contribution in [-0.4, -0.2) is 41.2 Å². The van der Waals surface area contributed by atoms with Crippen molar-refractivity contribution in [1.82, 2.24) is 9.88 Å². The fourth-order valence-corrected chi connectivity index (χ4v) is 3.40. The number of hydrogen-bond acceptors (Lipinski definition) is 4. The number of ether oxygens (including phenoxy) is 1. The lowest BCUT2D eigenvalue weighted by atomic mass is 9.93. The van der Waals surface area contributed by atoms with Crippen LogP contribution in [0.2, 0.25) is 0 Å². The minimum atomic E-state index is -0.787. The molecule has 3 rings (SSSR count). The molecular weight excluding hydrogens is 323 g/mol. The maximum atomic E-state index is 14.2. The lowest BCUT2D eigenvalue weighted by Gasteiger charge is -2.37. The Morgan fingerprint density at radius 1 is 1.40 bits per heavy atom. The number of aliphatic carboxylic acids is 1. The van der Waals surface area contributed by atoms with Gasteiger partial charge in [0.25, 0.3) is 0 Å². The number of benzene rings is 1. The number of halogens is 1. The lowest BCUT2D eigenvalue weighted by Crippen LogP contribution is -2.41. The molecule has 1 aliphatic rings. The molecule has 1 aliphatic heterocycles. The highest BCUT2D eigenvalue weighted by molar-refractivity contribution is 5.70. The molecule has 0 amide bonds. The highest BCUT2D eigenvalue weighted by atomic mass is 19.1. The van der Waals surface area contributed by atoms with Gasteiger partial charge in [-0.15, -0.1) is 0 Å². The van der Waals surface area contributed by atoms with Crippen LogP contribution < -0.4 is 4.74 Å². The van der Waals surface area contributed by atoms with Gasteiger partial charge in [-0.05, 0) is 49.2 Å². The Morgan fingerprint density at radius 2 is 2.24 bits per heavy atom. The minimum absolute atomic E-state index is 0.186. The third kappa shape index (κ3) is 3.79. The van der Waals surface area contributed by atoms with Gasteiger partial charge in [0.2, 0.25) is 0 Å². The summed E-state index contributed by atoms with van der Waals surface area (Å²) in [6.07, 6.45) is 3.15. The summed E-state index contributed by atoms with van der Waals surface area (Å²) in [5.41, 5.74) is 1.51. The molecule has 2 aromatic rings. The average Bonchev–Trinajstić information content (AvgIpc) is 2.63. The van der Waals surface area contributed by atoms with Gasteiger partial charge in [0.1, 0.15) is 0 Å². The number of rotatable bonds is 5. The second kappa shape index (κ2) is 7.61. The second-order valence-electron chi connectivity index (χ2n) is 6.22. The Labute approximate surface area is 146 Å². The van der Waals surface area contributed by atoms with Crippen LogP contribution in [0.4, 0.5) is 4.39 Å². The molecule has 1 saturated heterocycles. The van der Waals surface area contributed by atoms with Gasteiger partial charge in [-0.2, -0.15) is 0 Å². The molecular formula is C19H21FN2O3. The minimum Gasteiger partial charge on any atom is -0.494 e. The topological polar surface area (TPSA) is 62.7 Å². The summed E-state index contributed by atoms with van der Waals surface area (Å²) in [5, 5.41) is 9.37. The molecule has 5 nitrogen and oxygen atoms in total. The zero-order valence-corrected chi connectivity index (χ0v) is 14.1. The van der Waals surface area contributed by atoms with Crippen molar-refractivity contribution in [3.63, 3.8) is 0 Å². The fraction of sp³-hybridized carbons (Fsp3) is 0.368. The van der Waals surface area contributed by atoms with Gasteiger partial charge in [-0.25, -0.2) is 4.39 Å². The van der Waals surface area contributed by atoms with Gasteiger partial charge < -0.3 is 9.84 Å². The predicted molar refractivity (Wildman–Crippen MR) is 91.0 cm³/mol. The van der Waals surface area contributed by atoms with Crippen molar-refractivity contribution >= 4 is 5.97 Å². The van der Waals surface area contributed by atoms with Crippen LogP contribution in [0.15, 0.2) is 42.6 Å². The van der Waals surface area contributed by atoms with Crippen LogP contribution in [0.25, 0.3) is 0 Å². The first-order valence-electron chi connectivity index (χ1n) is 8.31. The number of piperidine rings is 1. The Hall–Kier alpha value is -2.47. The van der Waals surface area contributed by atoms with Crippen molar-refractivity contribution in [3.8, 4) is 5.75 Å². The maximum Gasteiger partial charge on any atom is 0.307 e. The van der Waals surface area contributed by atoms with Gasteiger partial charge >= 0.3 is 5.97 Å². The molecule has 0 radical (unpaired) electrons. The van der Waals surface area contributed by atoms with E-state index in [0.29, 0.717) is 13.0 Å². The number of carbonyl (C=O) groups is 1. The van der Waals surface area contributed by atoms with Crippen LogP contribution in [0, 0.1) is 11.7 Å². The van der Waals surface area contributed by atoms with Gasteiger partial charge in [0.05, 0.1) is 24.8 Å². The molecule has 0 bridgehead atoms. The third-order valence-electron chi connectivity index (χ3n) is 4.63. The number of carboxylic acids is 1. The first-order chi connectivity index (χ1) is 12.1. The van der Waals surface area contributed by atoms with E-state index < -0.39 is 17.7 Å². The lowest BCUT2D eigenvalue weighted by molar-refractivity contribution is -0.143. The largest absolute Gasteiger partial charge is 0.494 e. The van der Waals surface area contributed by atoms with E-state index in [9.17, 15) is 14.3 Å². The molecule has 2 unspecified atom stereocenters. The van der Waals surface area contributed by atoms with Crippen LogP contribution in [0.5, 0.6) is 5.75 Å². The molecule has 25 heavy (non-hydrogen) atoms. The number of hydrogen-bond donors (Lipinski definition) is 1. The highest BCUT2D eigenvalue weighted by Gasteiger charge is 2.32. The fourth-order valence-electron chi connectivity index (χ4n) is 3.40.